The Bertz CT molecular complexity index is 604. The molecule has 1 heterocycles. The van der Waals surface area contributed by atoms with E-state index in [-0.39, 0.29) is 12.3 Å². The second-order valence-electron chi connectivity index (χ2n) is 4.47. The van der Waals surface area contributed by atoms with E-state index >= 15 is 0 Å². The summed E-state index contributed by atoms with van der Waals surface area (Å²) in [6.07, 6.45) is 2.23. The van der Waals surface area contributed by atoms with Crippen LogP contribution in [-0.2, 0) is 4.79 Å². The summed E-state index contributed by atoms with van der Waals surface area (Å²) in [6.45, 7) is 0.435. The quantitative estimate of drug-likeness (QED) is 0.864. The van der Waals surface area contributed by atoms with Crippen molar-refractivity contribution in [1.29, 1.82) is 0 Å². The minimum absolute atomic E-state index is 0.0749. The molecule has 0 radical (unpaired) electrons. The molecule has 5 nitrogen and oxygen atoms in total. The fraction of sp³-hybridized carbons (Fsp3) is 0.286. The summed E-state index contributed by atoms with van der Waals surface area (Å²) in [7, 11) is 1.69. The highest BCUT2D eigenvalue weighted by Gasteiger charge is 2.15. The van der Waals surface area contributed by atoms with Crippen LogP contribution in [0.5, 0.6) is 0 Å². The summed E-state index contributed by atoms with van der Waals surface area (Å²) in [5.41, 5.74) is 1.54. The second-order valence-corrected chi connectivity index (χ2v) is 4.47. The van der Waals surface area contributed by atoms with Gasteiger partial charge in [-0.05, 0) is 12.5 Å². The van der Waals surface area contributed by atoms with Crippen molar-refractivity contribution in [1.82, 2.24) is 9.88 Å². The number of carbonyl (C=O) groups is 2. The first-order valence-corrected chi connectivity index (χ1v) is 6.13. The van der Waals surface area contributed by atoms with Crippen LogP contribution in [0.25, 0.3) is 10.9 Å². The third-order valence-corrected chi connectivity index (χ3v) is 3.05. The number of benzene rings is 1. The molecule has 1 amide bonds. The van der Waals surface area contributed by atoms with Crippen molar-refractivity contribution in [3.8, 4) is 0 Å². The van der Waals surface area contributed by atoms with Crippen molar-refractivity contribution in [2.45, 2.75) is 12.8 Å². The van der Waals surface area contributed by atoms with Gasteiger partial charge < -0.3 is 15.0 Å². The number of aliphatic carboxylic acids is 1. The number of hydrogen-bond donors (Lipinski definition) is 2. The smallest absolute Gasteiger partial charge is 0.303 e. The third kappa shape index (κ3) is 2.93. The van der Waals surface area contributed by atoms with Crippen LogP contribution in [0.3, 0.4) is 0 Å². The first kappa shape index (κ1) is 13.1. The van der Waals surface area contributed by atoms with Gasteiger partial charge in [-0.1, -0.05) is 18.2 Å². The van der Waals surface area contributed by atoms with E-state index in [1.54, 1.807) is 18.1 Å². The summed E-state index contributed by atoms with van der Waals surface area (Å²) >= 11 is 0. The number of carbonyl (C=O) groups excluding carboxylic acids is 1. The molecule has 0 atom stereocenters. The molecule has 2 rings (SSSR count). The first-order chi connectivity index (χ1) is 9.09. The molecule has 0 saturated heterocycles. The summed E-state index contributed by atoms with van der Waals surface area (Å²) < 4.78 is 0. The molecule has 19 heavy (non-hydrogen) atoms. The Morgan fingerprint density at radius 3 is 2.79 bits per heavy atom. The molecule has 5 heteroatoms. The number of nitrogens with zero attached hydrogens (tertiary/aromatic N) is 1. The summed E-state index contributed by atoms with van der Waals surface area (Å²) in [5, 5.41) is 9.47. The number of aromatic nitrogens is 1. The standard InChI is InChI=1S/C14H16N2O3/c1-16(8-4-7-13(17)18)14(19)11-9-15-12-6-3-2-5-10(11)12/h2-3,5-6,9,15H,4,7-8H2,1H3,(H,17,18). The van der Waals surface area contributed by atoms with Gasteiger partial charge in [0.05, 0.1) is 5.56 Å². The largest absolute Gasteiger partial charge is 0.481 e. The van der Waals surface area contributed by atoms with Gasteiger partial charge in [-0.15, -0.1) is 0 Å². The van der Waals surface area contributed by atoms with Crippen LogP contribution >= 0.6 is 0 Å². The lowest BCUT2D eigenvalue weighted by atomic mass is 10.1. The number of hydrogen-bond acceptors (Lipinski definition) is 2. The number of amides is 1. The summed E-state index contributed by atoms with van der Waals surface area (Å²) in [6, 6.07) is 7.60. The maximum atomic E-state index is 12.3. The molecule has 0 saturated carbocycles. The van der Waals surface area contributed by atoms with Gasteiger partial charge in [0.1, 0.15) is 0 Å². The monoisotopic (exact) mass is 260 g/mol. The number of para-hydroxylation sites is 1. The fourth-order valence-electron chi connectivity index (χ4n) is 2.02. The summed E-state index contributed by atoms with van der Waals surface area (Å²) in [4.78, 5) is 27.3. The van der Waals surface area contributed by atoms with E-state index in [1.165, 1.54) is 0 Å². The number of rotatable bonds is 5. The van der Waals surface area contributed by atoms with E-state index in [0.29, 0.717) is 18.5 Å². The average molecular weight is 260 g/mol. The van der Waals surface area contributed by atoms with E-state index in [2.05, 4.69) is 4.98 Å². The van der Waals surface area contributed by atoms with Gasteiger partial charge in [0.2, 0.25) is 0 Å². The highest BCUT2D eigenvalue weighted by atomic mass is 16.4. The molecule has 0 aliphatic carbocycles. The fourth-order valence-corrected chi connectivity index (χ4v) is 2.02. The van der Waals surface area contributed by atoms with Gasteiger partial charge in [-0.2, -0.15) is 0 Å². The molecule has 0 bridgehead atoms. The van der Waals surface area contributed by atoms with Crippen molar-refractivity contribution in [3.63, 3.8) is 0 Å². The minimum atomic E-state index is -0.840. The average Bonchev–Trinajstić information content (AvgIpc) is 2.81. The van der Waals surface area contributed by atoms with Crippen LogP contribution in [0.15, 0.2) is 30.5 Å². The molecular formula is C14H16N2O3. The van der Waals surface area contributed by atoms with Crippen LogP contribution in [0, 0.1) is 0 Å². The maximum absolute atomic E-state index is 12.3. The SMILES string of the molecule is CN(CCCC(=O)O)C(=O)c1c[nH]c2ccccc12. The molecule has 1 aromatic heterocycles. The number of H-pyrrole nitrogens is 1. The molecule has 2 aromatic rings. The Hall–Kier alpha value is -2.30. The van der Waals surface area contributed by atoms with Crippen molar-refractivity contribution in [3.05, 3.63) is 36.0 Å². The zero-order chi connectivity index (χ0) is 13.8. The van der Waals surface area contributed by atoms with Gasteiger partial charge >= 0.3 is 5.97 Å². The molecule has 1 aromatic carbocycles. The highest BCUT2D eigenvalue weighted by molar-refractivity contribution is 6.06. The molecule has 100 valence electrons. The topological polar surface area (TPSA) is 73.4 Å². The number of nitrogens with one attached hydrogen (secondary N) is 1. The number of carboxylic acids is 1. The predicted octanol–water partition coefficient (Wildman–Crippen LogP) is 2.10. The Morgan fingerprint density at radius 1 is 1.32 bits per heavy atom. The van der Waals surface area contributed by atoms with Crippen molar-refractivity contribution in [2.75, 3.05) is 13.6 Å². The predicted molar refractivity (Wildman–Crippen MR) is 72.1 cm³/mol. The van der Waals surface area contributed by atoms with Crippen molar-refractivity contribution in [2.24, 2.45) is 0 Å². The Labute approximate surface area is 110 Å². The van der Waals surface area contributed by atoms with Crippen LogP contribution in [0.4, 0.5) is 0 Å². The van der Waals surface area contributed by atoms with Crippen LogP contribution in [0.1, 0.15) is 23.2 Å². The molecule has 0 aliphatic rings. The van der Waals surface area contributed by atoms with Crippen LogP contribution < -0.4 is 0 Å². The highest BCUT2D eigenvalue weighted by Crippen LogP contribution is 2.19. The normalized spacial score (nSPS) is 10.6. The van der Waals surface area contributed by atoms with Crippen molar-refractivity contribution < 1.29 is 14.7 Å². The minimum Gasteiger partial charge on any atom is -0.481 e. The molecule has 0 spiro atoms. The third-order valence-electron chi connectivity index (χ3n) is 3.05. The summed E-state index contributed by atoms with van der Waals surface area (Å²) in [5.74, 6) is -0.934. The van der Waals surface area contributed by atoms with E-state index in [9.17, 15) is 9.59 Å². The van der Waals surface area contributed by atoms with Gasteiger partial charge in [0.15, 0.2) is 0 Å². The first-order valence-electron chi connectivity index (χ1n) is 6.13. The Balaban J connectivity index is 2.08. The van der Waals surface area contributed by atoms with E-state index < -0.39 is 5.97 Å². The van der Waals surface area contributed by atoms with Gasteiger partial charge in [-0.25, -0.2) is 0 Å². The van der Waals surface area contributed by atoms with Crippen LogP contribution in [-0.4, -0.2) is 40.5 Å². The lowest BCUT2D eigenvalue weighted by Crippen LogP contribution is -2.27. The van der Waals surface area contributed by atoms with Gasteiger partial charge in [0, 0.05) is 37.1 Å². The zero-order valence-corrected chi connectivity index (χ0v) is 10.7. The molecule has 2 N–H and O–H groups in total. The lowest BCUT2D eigenvalue weighted by Gasteiger charge is -2.16. The Kier molecular flexibility index (Phi) is 3.85. The maximum Gasteiger partial charge on any atom is 0.303 e. The molecular weight excluding hydrogens is 244 g/mol. The van der Waals surface area contributed by atoms with E-state index in [4.69, 9.17) is 5.11 Å². The Morgan fingerprint density at radius 2 is 2.05 bits per heavy atom. The van der Waals surface area contributed by atoms with E-state index in [1.807, 2.05) is 24.3 Å². The van der Waals surface area contributed by atoms with Crippen molar-refractivity contribution >= 4 is 22.8 Å². The number of fused-ring (bicyclic) bond motifs is 1. The lowest BCUT2D eigenvalue weighted by molar-refractivity contribution is -0.137. The van der Waals surface area contributed by atoms with Crippen LogP contribution in [0.2, 0.25) is 0 Å². The van der Waals surface area contributed by atoms with Gasteiger partial charge in [-0.3, -0.25) is 9.59 Å². The molecule has 0 unspecified atom stereocenters. The number of aromatic amines is 1. The van der Waals surface area contributed by atoms with E-state index in [0.717, 1.165) is 10.9 Å². The second kappa shape index (κ2) is 5.56. The van der Waals surface area contributed by atoms with Gasteiger partial charge in [0.25, 0.3) is 5.91 Å². The molecule has 0 fully saturated rings. The molecule has 0 aliphatic heterocycles. The zero-order valence-electron chi connectivity index (χ0n) is 10.7. The number of carboxylic acid groups (broad SMARTS) is 1.